The summed E-state index contributed by atoms with van der Waals surface area (Å²) in [6, 6.07) is 8.06. The number of nitrogens with zero attached hydrogens (tertiary/aromatic N) is 2. The van der Waals surface area contributed by atoms with Gasteiger partial charge in [-0.2, -0.15) is 0 Å². The van der Waals surface area contributed by atoms with Crippen LogP contribution in [0.15, 0.2) is 24.3 Å². The van der Waals surface area contributed by atoms with Crippen molar-refractivity contribution >= 4 is 17.5 Å². The fourth-order valence-corrected chi connectivity index (χ4v) is 4.10. The molecule has 1 atom stereocenters. The Hall–Kier alpha value is -1.84. The molecule has 2 aliphatic heterocycles. The molecule has 1 aromatic carbocycles. The van der Waals surface area contributed by atoms with E-state index < -0.39 is 0 Å². The molecule has 4 rings (SSSR count). The van der Waals surface area contributed by atoms with Gasteiger partial charge in [0.1, 0.15) is 0 Å². The summed E-state index contributed by atoms with van der Waals surface area (Å²) < 4.78 is 0. The second kappa shape index (κ2) is 5.36. The van der Waals surface area contributed by atoms with Crippen molar-refractivity contribution in [2.75, 3.05) is 24.5 Å². The molecule has 4 heteroatoms. The second-order valence-electron chi connectivity index (χ2n) is 7.66. The molecule has 2 heterocycles. The Balaban J connectivity index is 1.47. The lowest BCUT2D eigenvalue weighted by Gasteiger charge is -2.25. The molecule has 122 valence electrons. The van der Waals surface area contributed by atoms with Crippen LogP contribution in [0.5, 0.6) is 0 Å². The molecule has 3 aliphatic rings. The van der Waals surface area contributed by atoms with Crippen molar-refractivity contribution in [1.29, 1.82) is 0 Å². The van der Waals surface area contributed by atoms with E-state index in [1.165, 1.54) is 12.8 Å². The lowest BCUT2D eigenvalue weighted by Crippen LogP contribution is -2.34. The van der Waals surface area contributed by atoms with Crippen LogP contribution >= 0.6 is 0 Å². The molecule has 2 amide bonds. The fraction of sp³-hybridized carbons (Fsp3) is 0.579. The molecule has 0 aromatic heterocycles. The molecule has 1 unspecified atom stereocenters. The number of amides is 2. The Kier molecular flexibility index (Phi) is 3.43. The van der Waals surface area contributed by atoms with Crippen molar-refractivity contribution in [3.8, 4) is 0 Å². The number of anilines is 1. The van der Waals surface area contributed by atoms with Gasteiger partial charge in [0.05, 0.1) is 0 Å². The van der Waals surface area contributed by atoms with E-state index in [0.717, 1.165) is 37.3 Å². The highest BCUT2D eigenvalue weighted by molar-refractivity contribution is 5.97. The zero-order chi connectivity index (χ0) is 16.0. The minimum absolute atomic E-state index is 0.0292. The third-order valence-corrected chi connectivity index (χ3v) is 5.68. The molecule has 0 N–H and O–H groups in total. The summed E-state index contributed by atoms with van der Waals surface area (Å²) in [5.74, 6) is 1.13. The molecule has 4 nitrogen and oxygen atoms in total. The van der Waals surface area contributed by atoms with Gasteiger partial charge in [0.15, 0.2) is 0 Å². The van der Waals surface area contributed by atoms with E-state index in [9.17, 15) is 9.59 Å². The summed E-state index contributed by atoms with van der Waals surface area (Å²) in [6.07, 6.45) is 4.67. The van der Waals surface area contributed by atoms with Crippen LogP contribution in [0.2, 0.25) is 0 Å². The van der Waals surface area contributed by atoms with Crippen LogP contribution in [0.3, 0.4) is 0 Å². The van der Waals surface area contributed by atoms with E-state index in [-0.39, 0.29) is 11.3 Å². The maximum atomic E-state index is 12.6. The Labute approximate surface area is 137 Å². The van der Waals surface area contributed by atoms with Gasteiger partial charge in [-0.15, -0.1) is 0 Å². The lowest BCUT2D eigenvalue weighted by molar-refractivity contribution is -0.131. The van der Waals surface area contributed by atoms with Gasteiger partial charge in [0.25, 0.3) is 0 Å². The van der Waals surface area contributed by atoms with Crippen LogP contribution in [-0.4, -0.2) is 36.3 Å². The van der Waals surface area contributed by atoms with Crippen LogP contribution < -0.4 is 4.90 Å². The monoisotopic (exact) mass is 312 g/mol. The van der Waals surface area contributed by atoms with Crippen molar-refractivity contribution in [2.24, 2.45) is 11.3 Å². The van der Waals surface area contributed by atoms with Gasteiger partial charge in [-0.1, -0.05) is 18.2 Å². The van der Waals surface area contributed by atoms with E-state index in [4.69, 9.17) is 0 Å². The SMILES string of the molecule is Cc1ccccc1N1CC2(CCN(C(=O)CC3CC3)C2)CC1=O. The molecule has 23 heavy (non-hydrogen) atoms. The average molecular weight is 312 g/mol. The maximum absolute atomic E-state index is 12.6. The summed E-state index contributed by atoms with van der Waals surface area (Å²) in [5.41, 5.74) is 2.13. The zero-order valence-corrected chi connectivity index (χ0v) is 13.8. The molecule has 2 saturated heterocycles. The molecule has 0 radical (unpaired) electrons. The molecular weight excluding hydrogens is 288 g/mol. The molecule has 1 aliphatic carbocycles. The highest BCUT2D eigenvalue weighted by atomic mass is 16.2. The van der Waals surface area contributed by atoms with Crippen LogP contribution in [-0.2, 0) is 9.59 Å². The molecule has 3 fully saturated rings. The fourth-order valence-electron chi connectivity index (χ4n) is 4.10. The number of rotatable bonds is 3. The van der Waals surface area contributed by atoms with E-state index >= 15 is 0 Å². The first-order chi connectivity index (χ1) is 11.1. The van der Waals surface area contributed by atoms with Crippen molar-refractivity contribution in [1.82, 2.24) is 4.90 Å². The Morgan fingerprint density at radius 2 is 2.04 bits per heavy atom. The first kappa shape index (κ1) is 14.7. The predicted octanol–water partition coefficient (Wildman–Crippen LogP) is 2.75. The average Bonchev–Trinajstić information content (AvgIpc) is 3.15. The summed E-state index contributed by atoms with van der Waals surface area (Å²) in [7, 11) is 0. The minimum Gasteiger partial charge on any atom is -0.342 e. The summed E-state index contributed by atoms with van der Waals surface area (Å²) >= 11 is 0. The molecular formula is C19H24N2O2. The summed E-state index contributed by atoms with van der Waals surface area (Å²) in [6.45, 7) is 4.38. The summed E-state index contributed by atoms with van der Waals surface area (Å²) in [4.78, 5) is 28.9. The highest BCUT2D eigenvalue weighted by Crippen LogP contribution is 2.43. The van der Waals surface area contributed by atoms with Gasteiger partial charge < -0.3 is 9.80 Å². The number of carbonyl (C=O) groups excluding carboxylic acids is 2. The van der Waals surface area contributed by atoms with Crippen molar-refractivity contribution in [3.63, 3.8) is 0 Å². The molecule has 1 saturated carbocycles. The van der Waals surface area contributed by atoms with E-state index in [0.29, 0.717) is 24.7 Å². The van der Waals surface area contributed by atoms with Crippen molar-refractivity contribution in [2.45, 2.75) is 39.0 Å². The Morgan fingerprint density at radius 1 is 1.26 bits per heavy atom. The third kappa shape index (κ3) is 2.75. The normalized spacial score (nSPS) is 27.3. The quantitative estimate of drug-likeness (QED) is 0.861. The van der Waals surface area contributed by atoms with Gasteiger partial charge in [-0.25, -0.2) is 0 Å². The summed E-state index contributed by atoms with van der Waals surface area (Å²) in [5, 5.41) is 0. The molecule has 1 aromatic rings. The van der Waals surface area contributed by atoms with Gasteiger partial charge in [-0.3, -0.25) is 9.59 Å². The number of aryl methyl sites for hydroxylation is 1. The third-order valence-electron chi connectivity index (χ3n) is 5.68. The lowest BCUT2D eigenvalue weighted by atomic mass is 9.86. The number of hydrogen-bond acceptors (Lipinski definition) is 2. The van der Waals surface area contributed by atoms with Gasteiger partial charge in [-0.05, 0) is 43.7 Å². The van der Waals surface area contributed by atoms with Crippen molar-refractivity contribution in [3.05, 3.63) is 29.8 Å². The van der Waals surface area contributed by atoms with Crippen LogP contribution in [0.25, 0.3) is 0 Å². The predicted molar refractivity (Wildman–Crippen MR) is 89.1 cm³/mol. The first-order valence-corrected chi connectivity index (χ1v) is 8.70. The smallest absolute Gasteiger partial charge is 0.227 e. The number of benzene rings is 1. The van der Waals surface area contributed by atoms with Gasteiger partial charge >= 0.3 is 0 Å². The first-order valence-electron chi connectivity index (χ1n) is 8.70. The standard InChI is InChI=1S/C19H24N2O2/c1-14-4-2-3-5-16(14)21-13-19(11-18(21)23)8-9-20(12-19)17(22)10-15-6-7-15/h2-5,15H,6-13H2,1H3. The molecule has 0 bridgehead atoms. The van der Waals surface area contributed by atoms with E-state index in [1.807, 2.05) is 41.0 Å². The largest absolute Gasteiger partial charge is 0.342 e. The van der Waals surface area contributed by atoms with Gasteiger partial charge in [0.2, 0.25) is 11.8 Å². The van der Waals surface area contributed by atoms with E-state index in [1.54, 1.807) is 0 Å². The Morgan fingerprint density at radius 3 is 2.78 bits per heavy atom. The zero-order valence-electron chi connectivity index (χ0n) is 13.8. The maximum Gasteiger partial charge on any atom is 0.227 e. The van der Waals surface area contributed by atoms with Gasteiger partial charge in [0, 0.05) is 43.6 Å². The number of hydrogen-bond donors (Lipinski definition) is 0. The number of para-hydroxylation sites is 1. The van der Waals surface area contributed by atoms with Crippen molar-refractivity contribution < 1.29 is 9.59 Å². The second-order valence-corrected chi connectivity index (χ2v) is 7.66. The topological polar surface area (TPSA) is 40.6 Å². The van der Waals surface area contributed by atoms with Crippen LogP contribution in [0.4, 0.5) is 5.69 Å². The highest BCUT2D eigenvalue weighted by Gasteiger charge is 2.49. The Bertz CT molecular complexity index is 653. The van der Waals surface area contributed by atoms with E-state index in [2.05, 4.69) is 0 Å². The minimum atomic E-state index is -0.0292. The number of carbonyl (C=O) groups is 2. The number of likely N-dealkylation sites (tertiary alicyclic amines) is 1. The van der Waals surface area contributed by atoms with Crippen LogP contribution in [0.1, 0.15) is 37.7 Å². The molecule has 1 spiro atoms. The van der Waals surface area contributed by atoms with Crippen LogP contribution in [0, 0.1) is 18.3 Å².